The molecule has 0 fully saturated rings. The molecule has 0 saturated heterocycles. The van der Waals surface area contributed by atoms with E-state index in [1.165, 1.54) is 11.1 Å². The van der Waals surface area contributed by atoms with Crippen LogP contribution in [0.1, 0.15) is 29.4 Å². The van der Waals surface area contributed by atoms with Crippen molar-refractivity contribution in [1.82, 2.24) is 15.0 Å². The number of rotatable bonds is 3. The number of alkyl halides is 1. The number of hydrogen-bond acceptors (Lipinski definition) is 5. The van der Waals surface area contributed by atoms with E-state index in [0.717, 1.165) is 12.8 Å². The molecule has 3 N–H and O–H groups in total. The van der Waals surface area contributed by atoms with E-state index in [0.29, 0.717) is 5.95 Å². The second-order valence-corrected chi connectivity index (χ2v) is 4.50. The summed E-state index contributed by atoms with van der Waals surface area (Å²) >= 11 is 0. The summed E-state index contributed by atoms with van der Waals surface area (Å²) in [6.45, 7) is -0.747. The summed E-state index contributed by atoms with van der Waals surface area (Å²) in [5.74, 6) is 0.430. The molecule has 1 aromatic carbocycles. The van der Waals surface area contributed by atoms with Crippen molar-refractivity contribution in [3.8, 4) is 0 Å². The minimum atomic E-state index is -0.747. The highest BCUT2D eigenvalue weighted by atomic mass is 19.1. The molecule has 1 heterocycles. The summed E-state index contributed by atoms with van der Waals surface area (Å²) in [5, 5.41) is 3.20. The normalized spacial score (nSPS) is 17.2. The van der Waals surface area contributed by atoms with E-state index in [2.05, 4.69) is 32.4 Å². The standard InChI is InChI=1S/C13H14FN5/c14-7-11-17-12(15)19-13(18-11)16-10-6-5-8-3-1-2-4-9(8)10/h1-4,10H,5-7H2,(H3,15,16,17,18,19). The number of fused-ring (bicyclic) bond motifs is 1. The smallest absolute Gasteiger partial charge is 0.228 e. The summed E-state index contributed by atoms with van der Waals surface area (Å²) in [4.78, 5) is 11.7. The summed E-state index contributed by atoms with van der Waals surface area (Å²) in [7, 11) is 0. The number of anilines is 2. The lowest BCUT2D eigenvalue weighted by Crippen LogP contribution is -2.13. The van der Waals surface area contributed by atoms with Gasteiger partial charge in [-0.3, -0.25) is 0 Å². The van der Waals surface area contributed by atoms with Crippen LogP contribution in [0.2, 0.25) is 0 Å². The number of aromatic nitrogens is 3. The number of nitrogens with one attached hydrogen (secondary N) is 1. The molecule has 1 aromatic heterocycles. The van der Waals surface area contributed by atoms with Gasteiger partial charge in [-0.1, -0.05) is 24.3 Å². The Morgan fingerprint density at radius 1 is 1.26 bits per heavy atom. The Morgan fingerprint density at radius 3 is 2.95 bits per heavy atom. The predicted octanol–water partition coefficient (Wildman–Crippen LogP) is 2.02. The molecule has 6 heteroatoms. The van der Waals surface area contributed by atoms with Crippen LogP contribution in [-0.2, 0) is 13.1 Å². The highest BCUT2D eigenvalue weighted by Gasteiger charge is 2.22. The van der Waals surface area contributed by atoms with Gasteiger partial charge in [-0.15, -0.1) is 0 Å². The van der Waals surface area contributed by atoms with Crippen LogP contribution in [0.5, 0.6) is 0 Å². The van der Waals surface area contributed by atoms with Crippen molar-refractivity contribution in [3.05, 3.63) is 41.2 Å². The monoisotopic (exact) mass is 259 g/mol. The number of halogens is 1. The molecular formula is C13H14FN5. The van der Waals surface area contributed by atoms with E-state index in [9.17, 15) is 4.39 Å². The van der Waals surface area contributed by atoms with Gasteiger partial charge >= 0.3 is 0 Å². The summed E-state index contributed by atoms with van der Waals surface area (Å²) in [6.07, 6.45) is 1.99. The minimum Gasteiger partial charge on any atom is -0.368 e. The van der Waals surface area contributed by atoms with Crippen molar-refractivity contribution in [2.45, 2.75) is 25.6 Å². The molecule has 0 radical (unpaired) electrons. The average molecular weight is 259 g/mol. The lowest BCUT2D eigenvalue weighted by atomic mass is 10.1. The largest absolute Gasteiger partial charge is 0.368 e. The molecule has 1 aliphatic carbocycles. The lowest BCUT2D eigenvalue weighted by Gasteiger charge is -2.14. The maximum Gasteiger partial charge on any atom is 0.228 e. The third-order valence-electron chi connectivity index (χ3n) is 3.25. The van der Waals surface area contributed by atoms with Crippen molar-refractivity contribution in [3.63, 3.8) is 0 Å². The number of benzene rings is 1. The molecule has 0 spiro atoms. The lowest BCUT2D eigenvalue weighted by molar-refractivity contribution is 0.464. The molecule has 0 aliphatic heterocycles. The fourth-order valence-electron chi connectivity index (χ4n) is 2.43. The van der Waals surface area contributed by atoms with E-state index in [4.69, 9.17) is 5.73 Å². The zero-order valence-electron chi connectivity index (χ0n) is 10.3. The zero-order chi connectivity index (χ0) is 13.2. The van der Waals surface area contributed by atoms with Crippen molar-refractivity contribution in [2.24, 2.45) is 0 Å². The van der Waals surface area contributed by atoms with Gasteiger partial charge in [0.1, 0.15) is 6.67 Å². The first-order valence-corrected chi connectivity index (χ1v) is 6.17. The van der Waals surface area contributed by atoms with Gasteiger partial charge in [-0.05, 0) is 24.0 Å². The predicted molar refractivity (Wildman–Crippen MR) is 70.2 cm³/mol. The maximum atomic E-state index is 12.6. The SMILES string of the molecule is Nc1nc(CF)nc(NC2CCc3ccccc32)n1. The Bertz CT molecular complexity index is 601. The first kappa shape index (κ1) is 11.8. The molecule has 1 atom stereocenters. The number of nitrogens with zero attached hydrogens (tertiary/aromatic N) is 3. The van der Waals surface area contributed by atoms with Crippen LogP contribution in [0.25, 0.3) is 0 Å². The first-order valence-electron chi connectivity index (χ1n) is 6.17. The van der Waals surface area contributed by atoms with Crippen molar-refractivity contribution in [1.29, 1.82) is 0 Å². The topological polar surface area (TPSA) is 76.7 Å². The average Bonchev–Trinajstić information content (AvgIpc) is 2.82. The van der Waals surface area contributed by atoms with Crippen LogP contribution < -0.4 is 11.1 Å². The molecule has 0 bridgehead atoms. The molecule has 1 unspecified atom stereocenters. The summed E-state index contributed by atoms with van der Waals surface area (Å²) in [5.41, 5.74) is 8.10. The second-order valence-electron chi connectivity index (χ2n) is 4.50. The Balaban J connectivity index is 1.85. The van der Waals surface area contributed by atoms with Gasteiger partial charge in [0.05, 0.1) is 6.04 Å². The van der Waals surface area contributed by atoms with Crippen molar-refractivity contribution < 1.29 is 4.39 Å². The van der Waals surface area contributed by atoms with Gasteiger partial charge < -0.3 is 11.1 Å². The van der Waals surface area contributed by atoms with Gasteiger partial charge in [0.15, 0.2) is 5.82 Å². The number of aryl methyl sites for hydroxylation is 1. The van der Waals surface area contributed by atoms with E-state index in [-0.39, 0.29) is 17.8 Å². The van der Waals surface area contributed by atoms with E-state index in [1.807, 2.05) is 12.1 Å². The summed E-state index contributed by atoms with van der Waals surface area (Å²) < 4.78 is 12.6. The molecule has 0 saturated carbocycles. The number of hydrogen-bond donors (Lipinski definition) is 2. The maximum absolute atomic E-state index is 12.6. The fourth-order valence-corrected chi connectivity index (χ4v) is 2.43. The fraction of sp³-hybridized carbons (Fsp3) is 0.308. The van der Waals surface area contributed by atoms with Crippen molar-refractivity contribution in [2.75, 3.05) is 11.1 Å². The highest BCUT2D eigenvalue weighted by Crippen LogP contribution is 2.32. The van der Waals surface area contributed by atoms with Gasteiger partial charge in [0.25, 0.3) is 0 Å². The Labute approximate surface area is 110 Å². The second kappa shape index (κ2) is 4.79. The van der Waals surface area contributed by atoms with Crippen LogP contribution in [0, 0.1) is 0 Å². The third kappa shape index (κ3) is 2.33. The van der Waals surface area contributed by atoms with E-state index in [1.54, 1.807) is 0 Å². The number of nitrogen functional groups attached to an aromatic ring is 1. The van der Waals surface area contributed by atoms with Crippen LogP contribution in [0.15, 0.2) is 24.3 Å². The molecule has 19 heavy (non-hydrogen) atoms. The van der Waals surface area contributed by atoms with Crippen LogP contribution in [-0.4, -0.2) is 15.0 Å². The Hall–Kier alpha value is -2.24. The van der Waals surface area contributed by atoms with Gasteiger partial charge in [0.2, 0.25) is 11.9 Å². The third-order valence-corrected chi connectivity index (χ3v) is 3.25. The van der Waals surface area contributed by atoms with E-state index < -0.39 is 6.67 Å². The van der Waals surface area contributed by atoms with Gasteiger partial charge in [-0.2, -0.15) is 15.0 Å². The van der Waals surface area contributed by atoms with Crippen molar-refractivity contribution >= 4 is 11.9 Å². The number of nitrogens with two attached hydrogens (primary N) is 1. The molecule has 2 aromatic rings. The van der Waals surface area contributed by atoms with Crippen LogP contribution in [0.4, 0.5) is 16.3 Å². The zero-order valence-corrected chi connectivity index (χ0v) is 10.3. The summed E-state index contributed by atoms with van der Waals surface area (Å²) in [6, 6.07) is 8.38. The Kier molecular flexibility index (Phi) is 2.98. The molecule has 1 aliphatic rings. The van der Waals surface area contributed by atoms with Crippen LogP contribution in [0.3, 0.4) is 0 Å². The Morgan fingerprint density at radius 2 is 2.11 bits per heavy atom. The molecule has 0 amide bonds. The minimum absolute atomic E-state index is 0.0384. The van der Waals surface area contributed by atoms with E-state index >= 15 is 0 Å². The highest BCUT2D eigenvalue weighted by molar-refractivity contribution is 5.41. The molecule has 5 nitrogen and oxygen atoms in total. The van der Waals surface area contributed by atoms with Gasteiger partial charge in [0, 0.05) is 0 Å². The van der Waals surface area contributed by atoms with Gasteiger partial charge in [-0.25, -0.2) is 4.39 Å². The quantitative estimate of drug-likeness (QED) is 0.881. The first-order chi connectivity index (χ1) is 9.26. The molecule has 98 valence electrons. The molecular weight excluding hydrogens is 245 g/mol. The molecule has 3 rings (SSSR count). The van der Waals surface area contributed by atoms with Crippen LogP contribution >= 0.6 is 0 Å².